The van der Waals surface area contributed by atoms with E-state index in [1.165, 1.54) is 25.9 Å². The fourth-order valence-electron chi connectivity index (χ4n) is 5.00. The molecule has 0 unspecified atom stereocenters. The Bertz CT molecular complexity index is 1300. The number of hydrogen-bond donors (Lipinski definition) is 2. The van der Waals surface area contributed by atoms with Crippen molar-refractivity contribution in [1.29, 1.82) is 0 Å². The molecule has 4 amide bonds. The Labute approximate surface area is 237 Å². The number of carboxylic acid groups (broad SMARTS) is 1. The van der Waals surface area contributed by atoms with Gasteiger partial charge in [-0.05, 0) is 18.1 Å². The second kappa shape index (κ2) is 13.7. The van der Waals surface area contributed by atoms with Crippen molar-refractivity contribution in [1.82, 2.24) is 25.1 Å². The molecule has 0 radical (unpaired) electrons. The molecule has 216 valence electrons. The van der Waals surface area contributed by atoms with Crippen LogP contribution in [0.25, 0.3) is 0 Å². The third-order valence-electron chi connectivity index (χ3n) is 6.95. The normalized spacial score (nSPS) is 19.1. The molecule has 0 spiro atoms. The van der Waals surface area contributed by atoms with E-state index in [0.717, 1.165) is 5.56 Å². The van der Waals surface area contributed by atoms with Crippen molar-refractivity contribution in [2.45, 2.75) is 38.2 Å². The number of nitrogens with one attached hydrogen (secondary N) is 1. The van der Waals surface area contributed by atoms with Gasteiger partial charge in [0.1, 0.15) is 18.0 Å². The summed E-state index contributed by atoms with van der Waals surface area (Å²) in [6, 6.07) is 13.8. The van der Waals surface area contributed by atoms with Crippen LogP contribution in [0.1, 0.15) is 24.0 Å². The van der Waals surface area contributed by atoms with E-state index >= 15 is 0 Å². The van der Waals surface area contributed by atoms with E-state index in [0.29, 0.717) is 5.56 Å². The number of hydrogen-bond acceptors (Lipinski definition) is 6. The number of benzene rings is 2. The first-order valence-electron chi connectivity index (χ1n) is 13.2. The summed E-state index contributed by atoms with van der Waals surface area (Å²) < 4.78 is 19.6. The van der Waals surface area contributed by atoms with Gasteiger partial charge < -0.3 is 25.0 Å². The lowest BCUT2D eigenvalue weighted by molar-refractivity contribution is -0.190. The van der Waals surface area contributed by atoms with Gasteiger partial charge in [-0.2, -0.15) is 5.01 Å². The first-order valence-corrected chi connectivity index (χ1v) is 13.2. The summed E-state index contributed by atoms with van der Waals surface area (Å²) in [5, 5.41) is 15.0. The monoisotopic (exact) mass is 565 g/mol. The third-order valence-corrected chi connectivity index (χ3v) is 6.95. The lowest BCUT2D eigenvalue weighted by Gasteiger charge is -2.54. The Balaban J connectivity index is 1.54. The molecule has 2 aromatic carbocycles. The highest BCUT2D eigenvalue weighted by molar-refractivity contribution is 5.91. The number of aliphatic carboxylic acids is 1. The number of urea groups is 1. The summed E-state index contributed by atoms with van der Waals surface area (Å²) in [5.41, 5.74) is 1.23. The summed E-state index contributed by atoms with van der Waals surface area (Å²) in [6.45, 7) is 0.0307. The van der Waals surface area contributed by atoms with Gasteiger partial charge in [0.15, 0.2) is 0 Å². The molecule has 2 fully saturated rings. The zero-order valence-electron chi connectivity index (χ0n) is 22.4. The predicted molar refractivity (Wildman–Crippen MR) is 145 cm³/mol. The maximum atomic E-state index is 14.0. The third kappa shape index (κ3) is 7.19. The molecule has 2 aliphatic heterocycles. The minimum absolute atomic E-state index is 0.00481. The molecule has 0 saturated carbocycles. The Morgan fingerprint density at radius 2 is 1.85 bits per heavy atom. The van der Waals surface area contributed by atoms with Gasteiger partial charge in [-0.3, -0.25) is 14.4 Å². The second-order valence-corrected chi connectivity index (χ2v) is 9.67. The van der Waals surface area contributed by atoms with Gasteiger partial charge in [0.05, 0.1) is 32.8 Å². The largest absolute Gasteiger partial charge is 0.481 e. The summed E-state index contributed by atoms with van der Waals surface area (Å²) in [7, 11) is 0. The lowest BCUT2D eigenvalue weighted by atomic mass is 10.0. The van der Waals surface area contributed by atoms with Crippen LogP contribution in [0.3, 0.4) is 0 Å². The van der Waals surface area contributed by atoms with Gasteiger partial charge in [0.2, 0.25) is 11.8 Å². The summed E-state index contributed by atoms with van der Waals surface area (Å²) in [4.78, 5) is 54.5. The highest BCUT2D eigenvalue weighted by atomic mass is 19.1. The average Bonchev–Trinajstić information content (AvgIpc) is 2.95. The highest BCUT2D eigenvalue weighted by Crippen LogP contribution is 2.28. The molecule has 2 saturated heterocycles. The SMILES string of the molecule is C#CCN1CC(=O)N2[C@@H](CCC(=O)O)C(=O)N(CCOCc3ccccc3F)C[C@@H]2N1C(=O)NCc1ccccc1. The van der Waals surface area contributed by atoms with Crippen LogP contribution in [-0.4, -0.2) is 93.7 Å². The summed E-state index contributed by atoms with van der Waals surface area (Å²) >= 11 is 0. The van der Waals surface area contributed by atoms with Crippen molar-refractivity contribution in [2.24, 2.45) is 0 Å². The average molecular weight is 566 g/mol. The van der Waals surface area contributed by atoms with E-state index in [1.807, 2.05) is 30.3 Å². The van der Waals surface area contributed by atoms with E-state index in [-0.39, 0.29) is 58.8 Å². The predicted octanol–water partition coefficient (Wildman–Crippen LogP) is 1.65. The first kappa shape index (κ1) is 29.5. The van der Waals surface area contributed by atoms with Crippen LogP contribution < -0.4 is 5.32 Å². The Hall–Kier alpha value is -4.47. The number of nitrogens with zero attached hydrogens (tertiary/aromatic N) is 4. The number of piperazine rings is 1. The van der Waals surface area contributed by atoms with E-state index in [1.54, 1.807) is 18.2 Å². The molecule has 2 atom stereocenters. The second-order valence-electron chi connectivity index (χ2n) is 9.67. The maximum Gasteiger partial charge on any atom is 0.334 e. The van der Waals surface area contributed by atoms with Crippen LogP contribution in [0.2, 0.25) is 0 Å². The Morgan fingerprint density at radius 3 is 2.56 bits per heavy atom. The van der Waals surface area contributed by atoms with Crippen molar-refractivity contribution in [3.63, 3.8) is 0 Å². The van der Waals surface area contributed by atoms with Crippen molar-refractivity contribution >= 4 is 23.8 Å². The van der Waals surface area contributed by atoms with Gasteiger partial charge in [-0.1, -0.05) is 54.5 Å². The van der Waals surface area contributed by atoms with Crippen LogP contribution in [0.5, 0.6) is 0 Å². The number of rotatable bonds is 11. The molecule has 2 aromatic rings. The van der Waals surface area contributed by atoms with Crippen LogP contribution in [0, 0.1) is 18.2 Å². The van der Waals surface area contributed by atoms with Gasteiger partial charge in [-0.15, -0.1) is 6.42 Å². The zero-order valence-corrected chi connectivity index (χ0v) is 22.4. The molecule has 0 bridgehead atoms. The van der Waals surface area contributed by atoms with Gasteiger partial charge >= 0.3 is 12.0 Å². The minimum Gasteiger partial charge on any atom is -0.481 e. The van der Waals surface area contributed by atoms with Crippen molar-refractivity contribution in [3.8, 4) is 12.3 Å². The Kier molecular flexibility index (Phi) is 9.89. The van der Waals surface area contributed by atoms with Crippen LogP contribution >= 0.6 is 0 Å². The number of carboxylic acids is 1. The number of terminal acetylenes is 1. The van der Waals surface area contributed by atoms with E-state index in [2.05, 4.69) is 11.2 Å². The molecule has 2 N–H and O–H groups in total. The summed E-state index contributed by atoms with van der Waals surface area (Å²) in [6.07, 6.45) is 4.15. The van der Waals surface area contributed by atoms with Gasteiger partial charge in [0.25, 0.3) is 0 Å². The minimum atomic E-state index is -1.12. The zero-order chi connectivity index (χ0) is 29.4. The smallest absolute Gasteiger partial charge is 0.334 e. The van der Waals surface area contributed by atoms with E-state index in [4.69, 9.17) is 11.2 Å². The molecular weight excluding hydrogens is 533 g/mol. The van der Waals surface area contributed by atoms with E-state index in [9.17, 15) is 28.7 Å². The number of ether oxygens (including phenoxy) is 1. The molecule has 2 aliphatic rings. The van der Waals surface area contributed by atoms with Gasteiger partial charge in [-0.25, -0.2) is 14.2 Å². The molecule has 2 heterocycles. The molecule has 12 heteroatoms. The summed E-state index contributed by atoms with van der Waals surface area (Å²) in [5.74, 6) is 0.0718. The maximum absolute atomic E-state index is 14.0. The lowest BCUT2D eigenvalue weighted by Crippen LogP contribution is -2.76. The van der Waals surface area contributed by atoms with Gasteiger partial charge in [0, 0.05) is 25.1 Å². The molecule has 0 aromatic heterocycles. The molecule has 0 aliphatic carbocycles. The molecule has 11 nitrogen and oxygen atoms in total. The van der Waals surface area contributed by atoms with Crippen LogP contribution in [0.4, 0.5) is 9.18 Å². The molecular formula is C29H32FN5O6. The number of carbonyl (C=O) groups is 4. The number of carbonyl (C=O) groups excluding carboxylic acids is 3. The standard InChI is InChI=1S/C29H32FN5O6/c1-2-14-33-19-26(36)34-24(12-13-27(37)38)28(39)32(15-16-41-20-22-10-6-7-11-23(22)30)18-25(34)35(33)29(40)31-17-21-8-4-3-5-9-21/h1,3-11,24-25H,12-20H2,(H,31,40)(H,37,38)/t24-,25-/m0/s1. The van der Waals surface area contributed by atoms with E-state index < -0.39 is 41.8 Å². The number of amides is 4. The number of fused-ring (bicyclic) bond motifs is 1. The quantitative estimate of drug-likeness (QED) is 0.314. The van der Waals surface area contributed by atoms with Crippen molar-refractivity contribution < 1.29 is 33.4 Å². The Morgan fingerprint density at radius 1 is 1.12 bits per heavy atom. The topological polar surface area (TPSA) is 123 Å². The van der Waals surface area contributed by atoms with Crippen LogP contribution in [-0.2, 0) is 32.3 Å². The molecule has 4 rings (SSSR count). The van der Waals surface area contributed by atoms with Crippen molar-refractivity contribution in [2.75, 3.05) is 32.8 Å². The van der Waals surface area contributed by atoms with Crippen LogP contribution in [0.15, 0.2) is 54.6 Å². The fourth-order valence-corrected chi connectivity index (χ4v) is 5.00. The molecule has 41 heavy (non-hydrogen) atoms. The van der Waals surface area contributed by atoms with Crippen molar-refractivity contribution in [3.05, 3.63) is 71.5 Å². The highest BCUT2D eigenvalue weighted by Gasteiger charge is 2.51. The number of halogens is 1. The number of hydrazine groups is 1. The first-order chi connectivity index (χ1) is 19.8. The fraction of sp³-hybridized carbons (Fsp3) is 0.379.